The minimum absolute atomic E-state index is 0.0825. The second kappa shape index (κ2) is 27.2. The summed E-state index contributed by atoms with van der Waals surface area (Å²) in [5.41, 5.74) is 5.95. The van der Waals surface area contributed by atoms with Gasteiger partial charge in [0.05, 0.1) is 6.04 Å². The van der Waals surface area contributed by atoms with Gasteiger partial charge in [-0.25, -0.2) is 0 Å². The van der Waals surface area contributed by atoms with E-state index in [1.807, 2.05) is 6.08 Å². The van der Waals surface area contributed by atoms with E-state index in [1.54, 1.807) is 0 Å². The fourth-order valence-electron chi connectivity index (χ4n) is 4.38. The lowest BCUT2D eigenvalue weighted by atomic mass is 10.0. The number of aliphatic carboxylic acids is 1. The molecule has 7 heteroatoms. The number of hydrogen-bond donors (Lipinski definition) is 4. The number of carboxylic acids is 1. The van der Waals surface area contributed by atoms with E-state index in [2.05, 4.69) is 17.2 Å². The summed E-state index contributed by atoms with van der Waals surface area (Å²) in [4.78, 5) is 34.4. The molecule has 0 saturated carbocycles. The van der Waals surface area contributed by atoms with Gasteiger partial charge >= 0.3 is 5.97 Å². The average molecular weight is 524 g/mol. The van der Waals surface area contributed by atoms with Crippen LogP contribution in [0, 0.1) is 0 Å². The summed E-state index contributed by atoms with van der Waals surface area (Å²) >= 11 is 0. The summed E-state index contributed by atoms with van der Waals surface area (Å²) in [7, 11) is 0. The fourth-order valence-corrected chi connectivity index (χ4v) is 4.38. The number of carboxylic acid groups (broad SMARTS) is 1. The Morgan fingerprint density at radius 3 is 1.62 bits per heavy atom. The van der Waals surface area contributed by atoms with Gasteiger partial charge in [-0.3, -0.25) is 14.4 Å². The average Bonchev–Trinajstić information content (AvgIpc) is 2.87. The Morgan fingerprint density at radius 2 is 1.11 bits per heavy atom. The smallest absolute Gasteiger partial charge is 0.303 e. The van der Waals surface area contributed by atoms with Gasteiger partial charge in [0.1, 0.15) is 0 Å². The largest absolute Gasteiger partial charge is 0.481 e. The molecule has 0 aromatic carbocycles. The molecule has 0 spiro atoms. The molecule has 0 fully saturated rings. The molecular weight excluding hydrogens is 466 g/mol. The molecule has 2 amide bonds. The molecule has 0 aliphatic carbocycles. The van der Waals surface area contributed by atoms with Crippen molar-refractivity contribution >= 4 is 17.8 Å². The van der Waals surface area contributed by atoms with E-state index in [9.17, 15) is 14.4 Å². The van der Waals surface area contributed by atoms with Crippen molar-refractivity contribution in [3.63, 3.8) is 0 Å². The SMILES string of the molecule is C=CCCCCNC(=O)[C@@H](N)CCCCNC(=O)CCCCCCCCCCCCCCCCC(=O)O. The maximum Gasteiger partial charge on any atom is 0.303 e. The minimum atomic E-state index is -0.681. The van der Waals surface area contributed by atoms with Crippen molar-refractivity contribution in [2.24, 2.45) is 5.73 Å². The van der Waals surface area contributed by atoms with E-state index < -0.39 is 12.0 Å². The lowest BCUT2D eigenvalue weighted by Crippen LogP contribution is -2.41. The van der Waals surface area contributed by atoms with Crippen LogP contribution in [-0.4, -0.2) is 42.0 Å². The normalized spacial score (nSPS) is 11.7. The van der Waals surface area contributed by atoms with Crippen molar-refractivity contribution in [1.29, 1.82) is 0 Å². The van der Waals surface area contributed by atoms with Gasteiger partial charge in [0.2, 0.25) is 11.8 Å². The molecule has 0 aliphatic heterocycles. The standard InChI is InChI=1S/C30H57N3O4/c1-2-3-4-20-26-33-30(37)27(31)22-19-21-25-32-28(34)23-17-15-13-11-9-7-5-6-8-10-12-14-16-18-24-29(35)36/h2,27H,1,3-26,31H2,(H,32,34)(H,33,37)(H,35,36)/t27-/m0/s1. The third-order valence-electron chi connectivity index (χ3n) is 6.78. The van der Waals surface area contributed by atoms with E-state index >= 15 is 0 Å². The first-order valence-electron chi connectivity index (χ1n) is 15.1. The molecule has 0 radical (unpaired) electrons. The van der Waals surface area contributed by atoms with Crippen LogP contribution in [0.4, 0.5) is 0 Å². The van der Waals surface area contributed by atoms with Crippen LogP contribution in [0.15, 0.2) is 12.7 Å². The Morgan fingerprint density at radius 1 is 0.649 bits per heavy atom. The zero-order valence-electron chi connectivity index (χ0n) is 23.6. The zero-order chi connectivity index (χ0) is 27.4. The van der Waals surface area contributed by atoms with Gasteiger partial charge in [-0.15, -0.1) is 6.58 Å². The topological polar surface area (TPSA) is 122 Å². The molecule has 0 bridgehead atoms. The number of carbonyl (C=O) groups excluding carboxylic acids is 2. The van der Waals surface area contributed by atoms with Gasteiger partial charge in [-0.1, -0.05) is 83.1 Å². The van der Waals surface area contributed by atoms with Crippen molar-refractivity contribution in [3.8, 4) is 0 Å². The van der Waals surface area contributed by atoms with Gasteiger partial charge in [0, 0.05) is 25.9 Å². The van der Waals surface area contributed by atoms with E-state index in [-0.39, 0.29) is 11.8 Å². The number of nitrogens with one attached hydrogen (secondary N) is 2. The van der Waals surface area contributed by atoms with Crippen molar-refractivity contribution in [1.82, 2.24) is 10.6 Å². The number of unbranched alkanes of at least 4 members (excludes halogenated alkanes) is 16. The summed E-state index contributed by atoms with van der Waals surface area (Å²) in [5.74, 6) is -0.635. The van der Waals surface area contributed by atoms with Crippen LogP contribution in [0.5, 0.6) is 0 Å². The molecule has 0 rings (SSSR count). The summed E-state index contributed by atoms with van der Waals surface area (Å²) in [6.07, 6.45) is 24.6. The van der Waals surface area contributed by atoms with Crippen LogP contribution >= 0.6 is 0 Å². The highest BCUT2D eigenvalue weighted by molar-refractivity contribution is 5.81. The van der Waals surface area contributed by atoms with Crippen LogP contribution in [0.2, 0.25) is 0 Å². The van der Waals surface area contributed by atoms with Gasteiger partial charge in [-0.2, -0.15) is 0 Å². The Kier molecular flexibility index (Phi) is 25.8. The van der Waals surface area contributed by atoms with Crippen molar-refractivity contribution in [2.45, 2.75) is 147 Å². The second-order valence-electron chi connectivity index (χ2n) is 10.4. The van der Waals surface area contributed by atoms with Crippen LogP contribution in [-0.2, 0) is 14.4 Å². The summed E-state index contributed by atoms with van der Waals surface area (Å²) in [6, 6.07) is -0.469. The minimum Gasteiger partial charge on any atom is -0.481 e. The van der Waals surface area contributed by atoms with Crippen molar-refractivity contribution in [3.05, 3.63) is 12.7 Å². The molecule has 0 aliphatic rings. The lowest BCUT2D eigenvalue weighted by Gasteiger charge is -2.12. The van der Waals surface area contributed by atoms with Gasteiger partial charge in [0.25, 0.3) is 0 Å². The molecule has 37 heavy (non-hydrogen) atoms. The van der Waals surface area contributed by atoms with Gasteiger partial charge < -0.3 is 21.5 Å². The first-order chi connectivity index (χ1) is 18.0. The highest BCUT2D eigenvalue weighted by atomic mass is 16.4. The molecule has 0 aromatic heterocycles. The van der Waals surface area contributed by atoms with E-state index in [1.165, 1.54) is 57.8 Å². The number of hydrogen-bond acceptors (Lipinski definition) is 4. The third kappa shape index (κ3) is 27.0. The van der Waals surface area contributed by atoms with Gasteiger partial charge in [0.15, 0.2) is 0 Å². The Balaban J connectivity index is 3.34. The van der Waals surface area contributed by atoms with Crippen molar-refractivity contribution in [2.75, 3.05) is 13.1 Å². The first kappa shape index (κ1) is 35.1. The highest BCUT2D eigenvalue weighted by Gasteiger charge is 2.12. The van der Waals surface area contributed by atoms with Crippen LogP contribution < -0.4 is 16.4 Å². The number of amides is 2. The molecule has 216 valence electrons. The van der Waals surface area contributed by atoms with E-state index in [0.717, 1.165) is 64.2 Å². The van der Waals surface area contributed by atoms with Crippen LogP contribution in [0.25, 0.3) is 0 Å². The van der Waals surface area contributed by atoms with E-state index in [4.69, 9.17) is 10.8 Å². The number of carbonyl (C=O) groups is 3. The Bertz CT molecular complexity index is 583. The molecule has 0 aromatic rings. The summed E-state index contributed by atoms with van der Waals surface area (Å²) in [6.45, 7) is 5.00. The predicted octanol–water partition coefficient (Wildman–Crippen LogP) is 6.40. The zero-order valence-corrected chi connectivity index (χ0v) is 23.6. The molecule has 0 heterocycles. The molecule has 1 atom stereocenters. The summed E-state index contributed by atoms with van der Waals surface area (Å²) in [5, 5.41) is 14.5. The lowest BCUT2D eigenvalue weighted by molar-refractivity contribution is -0.137. The molecular formula is C30H57N3O4. The van der Waals surface area contributed by atoms with Crippen LogP contribution in [0.3, 0.4) is 0 Å². The molecule has 0 unspecified atom stereocenters. The highest BCUT2D eigenvalue weighted by Crippen LogP contribution is 2.13. The number of allylic oxidation sites excluding steroid dienone is 1. The molecule has 7 nitrogen and oxygen atoms in total. The summed E-state index contributed by atoms with van der Waals surface area (Å²) < 4.78 is 0. The molecule has 5 N–H and O–H groups in total. The molecule has 0 saturated heterocycles. The first-order valence-corrected chi connectivity index (χ1v) is 15.1. The predicted molar refractivity (Wildman–Crippen MR) is 153 cm³/mol. The number of rotatable bonds is 28. The second-order valence-corrected chi connectivity index (χ2v) is 10.4. The van der Waals surface area contributed by atoms with E-state index in [0.29, 0.717) is 32.4 Å². The quantitative estimate of drug-likeness (QED) is 0.0698. The maximum absolute atomic E-state index is 12.0. The third-order valence-corrected chi connectivity index (χ3v) is 6.78. The fraction of sp³-hybridized carbons (Fsp3) is 0.833. The van der Waals surface area contributed by atoms with Gasteiger partial charge in [-0.05, 0) is 51.4 Å². The van der Waals surface area contributed by atoms with Crippen molar-refractivity contribution < 1.29 is 19.5 Å². The Labute approximate surface area is 226 Å². The maximum atomic E-state index is 12.0. The van der Waals surface area contributed by atoms with Crippen LogP contribution in [0.1, 0.15) is 141 Å². The Hall–Kier alpha value is -1.89. The monoisotopic (exact) mass is 523 g/mol. The number of nitrogens with two attached hydrogens (primary N) is 1.